The average molecular weight is 437 g/mol. The van der Waals surface area contributed by atoms with E-state index in [9.17, 15) is 31.1 Å². The number of hydrogen-bond donors (Lipinski definition) is 2. The Morgan fingerprint density at radius 3 is 2.17 bits per heavy atom. The summed E-state index contributed by atoms with van der Waals surface area (Å²) in [6.07, 6.45) is -7.72. The molecule has 0 bridgehead atoms. The monoisotopic (exact) mass is 437 g/mol. The molecule has 0 unspecified atom stereocenters. The van der Waals surface area contributed by atoms with Crippen LogP contribution in [0.1, 0.15) is 16.7 Å². The van der Waals surface area contributed by atoms with E-state index in [-0.39, 0.29) is 12.0 Å². The first-order valence-electron chi connectivity index (χ1n) is 8.76. The number of amidine groups is 1. The molecule has 0 radical (unpaired) electrons. The molecule has 2 rings (SSSR count). The minimum absolute atomic E-state index is 0.000586. The van der Waals surface area contributed by atoms with Gasteiger partial charge in [-0.05, 0) is 32.3 Å². The van der Waals surface area contributed by atoms with Crippen LogP contribution < -0.4 is 11.2 Å². The fourth-order valence-corrected chi connectivity index (χ4v) is 2.87. The minimum Gasteiger partial charge on any atom is -0.382 e. The van der Waals surface area contributed by atoms with E-state index >= 15 is 0 Å². The van der Waals surface area contributed by atoms with Crippen molar-refractivity contribution >= 4 is 11.7 Å². The van der Waals surface area contributed by atoms with Crippen LogP contribution in [0.2, 0.25) is 0 Å². The minimum atomic E-state index is -4.99. The number of nitrogens with zero attached hydrogens (tertiary/aromatic N) is 3. The van der Waals surface area contributed by atoms with Crippen LogP contribution in [0.25, 0.3) is 0 Å². The Morgan fingerprint density at radius 2 is 1.70 bits per heavy atom. The van der Waals surface area contributed by atoms with Gasteiger partial charge >= 0.3 is 12.4 Å². The summed E-state index contributed by atoms with van der Waals surface area (Å²) in [7, 11) is 3.86. The van der Waals surface area contributed by atoms with Gasteiger partial charge in [-0.2, -0.15) is 31.4 Å². The number of amides is 1. The Morgan fingerprint density at radius 1 is 1.17 bits per heavy atom. The maximum absolute atomic E-state index is 12.9. The zero-order chi connectivity index (χ0) is 22.7. The first-order valence-corrected chi connectivity index (χ1v) is 8.76. The predicted molar refractivity (Wildman–Crippen MR) is 98.1 cm³/mol. The molecule has 1 aliphatic heterocycles. The lowest BCUT2D eigenvalue weighted by atomic mass is 10.00. The van der Waals surface area contributed by atoms with Gasteiger partial charge in [-0.3, -0.25) is 10.2 Å². The van der Waals surface area contributed by atoms with E-state index in [1.165, 1.54) is 0 Å². The number of nitrogens with two attached hydrogens (primary N) is 1. The molecule has 12 heteroatoms. The number of rotatable bonds is 6. The average Bonchev–Trinajstić information content (AvgIpc) is 2.59. The number of nitrogens with one attached hydrogen (secondary N) is 1. The molecule has 0 spiro atoms. The molecule has 1 fully saturated rings. The summed E-state index contributed by atoms with van der Waals surface area (Å²) in [5.41, 5.74) is 4.20. The Kier molecular flexibility index (Phi) is 7.01. The summed E-state index contributed by atoms with van der Waals surface area (Å²) in [5, 5.41) is 3.52. The summed E-state index contributed by atoms with van der Waals surface area (Å²) in [6, 6.07) is 0.935. The molecule has 30 heavy (non-hydrogen) atoms. The highest BCUT2D eigenvalue weighted by Gasteiger charge is 2.37. The molecule has 1 saturated heterocycles. The standard InChI is InChI=1S/C18H21F6N5O/c1-28(2)8-11-9-29(10-11)15(30)3-4-26-27-16(25)12-5-13(17(19,20)21)7-14(6-12)18(22,23)24/h3-7,11,26H,8-10H2,1-2H3,(H2,25,27)/b4-3-. The Hall–Kier alpha value is -2.76. The summed E-state index contributed by atoms with van der Waals surface area (Å²) in [5.74, 6) is -0.522. The third kappa shape index (κ3) is 6.37. The van der Waals surface area contributed by atoms with Crippen molar-refractivity contribution in [1.29, 1.82) is 0 Å². The Bertz CT molecular complexity index is 793. The maximum atomic E-state index is 12.9. The van der Waals surface area contributed by atoms with Crippen molar-refractivity contribution in [2.24, 2.45) is 16.8 Å². The largest absolute Gasteiger partial charge is 0.416 e. The van der Waals surface area contributed by atoms with Gasteiger partial charge in [0.2, 0.25) is 5.91 Å². The summed E-state index contributed by atoms with van der Waals surface area (Å²) >= 11 is 0. The quantitative estimate of drug-likeness (QED) is 0.236. The summed E-state index contributed by atoms with van der Waals surface area (Å²) < 4.78 is 77.3. The van der Waals surface area contributed by atoms with E-state index in [2.05, 4.69) is 10.5 Å². The van der Waals surface area contributed by atoms with Gasteiger partial charge < -0.3 is 15.5 Å². The number of likely N-dealkylation sites (tertiary alicyclic amines) is 1. The van der Waals surface area contributed by atoms with Gasteiger partial charge in [-0.15, -0.1) is 0 Å². The third-order valence-corrected chi connectivity index (χ3v) is 4.26. The van der Waals surface area contributed by atoms with E-state index in [4.69, 9.17) is 5.73 Å². The lowest BCUT2D eigenvalue weighted by Gasteiger charge is -2.39. The van der Waals surface area contributed by atoms with Gasteiger partial charge in [-0.1, -0.05) is 0 Å². The van der Waals surface area contributed by atoms with E-state index in [0.29, 0.717) is 31.1 Å². The lowest BCUT2D eigenvalue weighted by Crippen LogP contribution is -2.52. The van der Waals surface area contributed by atoms with E-state index < -0.39 is 34.9 Å². The van der Waals surface area contributed by atoms with Crippen molar-refractivity contribution in [3.63, 3.8) is 0 Å². The number of hydrogen-bond acceptors (Lipinski definition) is 4. The molecule has 0 aliphatic carbocycles. The SMILES string of the molecule is CN(C)CC1CN(C(=O)/C=C\N/N=C(\N)c2cc(C(F)(F)F)cc(C(F)(F)F)c2)C1. The van der Waals surface area contributed by atoms with Crippen LogP contribution in [0.5, 0.6) is 0 Å². The first kappa shape index (κ1) is 23.5. The number of benzene rings is 1. The van der Waals surface area contributed by atoms with Crippen LogP contribution in [-0.4, -0.2) is 55.3 Å². The fraction of sp³-hybridized carbons (Fsp3) is 0.444. The zero-order valence-electron chi connectivity index (χ0n) is 16.2. The molecule has 0 atom stereocenters. The van der Waals surface area contributed by atoms with E-state index in [1.807, 2.05) is 19.0 Å². The van der Waals surface area contributed by atoms with Gasteiger partial charge in [0.25, 0.3) is 0 Å². The molecular weight excluding hydrogens is 416 g/mol. The molecule has 1 aliphatic rings. The highest BCUT2D eigenvalue weighted by molar-refractivity contribution is 5.97. The van der Waals surface area contributed by atoms with Crippen molar-refractivity contribution in [2.45, 2.75) is 12.4 Å². The fourth-order valence-electron chi connectivity index (χ4n) is 2.87. The van der Waals surface area contributed by atoms with Crippen LogP contribution in [0.4, 0.5) is 26.3 Å². The highest BCUT2D eigenvalue weighted by atomic mass is 19.4. The molecule has 1 aromatic carbocycles. The summed E-state index contributed by atoms with van der Waals surface area (Å²) in [6.45, 7) is 2.04. The molecule has 0 saturated carbocycles. The number of carbonyl (C=O) groups excluding carboxylic acids is 1. The normalized spacial score (nSPS) is 16.3. The molecule has 1 aromatic rings. The van der Waals surface area contributed by atoms with Crippen LogP contribution in [-0.2, 0) is 17.1 Å². The smallest absolute Gasteiger partial charge is 0.382 e. The van der Waals surface area contributed by atoms with Crippen LogP contribution in [0.3, 0.4) is 0 Å². The molecular formula is C18H21F6N5O. The Labute approximate surface area is 169 Å². The molecule has 1 amide bonds. The zero-order valence-corrected chi connectivity index (χ0v) is 16.2. The number of hydrazone groups is 1. The van der Waals surface area contributed by atoms with Gasteiger partial charge in [-0.25, -0.2) is 0 Å². The topological polar surface area (TPSA) is 74.0 Å². The molecule has 6 nitrogen and oxygen atoms in total. The number of alkyl halides is 6. The molecule has 0 aromatic heterocycles. The van der Waals surface area contributed by atoms with Crippen molar-refractivity contribution in [3.8, 4) is 0 Å². The first-order chi connectivity index (χ1) is 13.8. The third-order valence-electron chi connectivity index (χ3n) is 4.26. The lowest BCUT2D eigenvalue weighted by molar-refractivity contribution is -0.143. The maximum Gasteiger partial charge on any atom is 0.416 e. The second-order valence-electron chi connectivity index (χ2n) is 7.13. The van der Waals surface area contributed by atoms with Crippen molar-refractivity contribution in [3.05, 3.63) is 47.2 Å². The second kappa shape index (κ2) is 8.94. The van der Waals surface area contributed by atoms with Gasteiger partial charge in [0.05, 0.1) is 11.1 Å². The van der Waals surface area contributed by atoms with Gasteiger partial charge in [0, 0.05) is 43.4 Å². The van der Waals surface area contributed by atoms with Gasteiger partial charge in [0.1, 0.15) is 0 Å². The Balaban J connectivity index is 2.03. The van der Waals surface area contributed by atoms with Crippen molar-refractivity contribution in [1.82, 2.24) is 15.2 Å². The van der Waals surface area contributed by atoms with E-state index in [1.54, 1.807) is 4.90 Å². The molecule has 166 valence electrons. The van der Waals surface area contributed by atoms with E-state index in [0.717, 1.165) is 18.8 Å². The predicted octanol–water partition coefficient (Wildman–Crippen LogP) is 2.47. The molecule has 3 N–H and O–H groups in total. The van der Waals surface area contributed by atoms with Crippen molar-refractivity contribution < 1.29 is 31.1 Å². The second-order valence-corrected chi connectivity index (χ2v) is 7.13. The van der Waals surface area contributed by atoms with Gasteiger partial charge in [0.15, 0.2) is 5.84 Å². The van der Waals surface area contributed by atoms with Crippen LogP contribution >= 0.6 is 0 Å². The van der Waals surface area contributed by atoms with Crippen molar-refractivity contribution in [2.75, 3.05) is 33.7 Å². The number of carbonyl (C=O) groups is 1. The molecule has 1 heterocycles. The van der Waals surface area contributed by atoms with Crippen LogP contribution in [0.15, 0.2) is 35.6 Å². The van der Waals surface area contributed by atoms with Crippen LogP contribution in [0, 0.1) is 5.92 Å². The highest BCUT2D eigenvalue weighted by Crippen LogP contribution is 2.36. The number of halogens is 6. The summed E-state index contributed by atoms with van der Waals surface area (Å²) in [4.78, 5) is 15.5.